The molecule has 0 atom stereocenters. The number of nitriles is 1. The zero-order valence-corrected chi connectivity index (χ0v) is 12.6. The van der Waals surface area contributed by atoms with Gasteiger partial charge in [-0.3, -0.25) is 4.98 Å². The maximum atomic E-state index is 8.79. The van der Waals surface area contributed by atoms with Crippen LogP contribution in [0.25, 0.3) is 11.5 Å². The predicted molar refractivity (Wildman–Crippen MR) is 85.5 cm³/mol. The van der Waals surface area contributed by atoms with Crippen molar-refractivity contribution >= 4 is 0 Å². The van der Waals surface area contributed by atoms with E-state index in [-0.39, 0.29) is 0 Å². The van der Waals surface area contributed by atoms with Crippen LogP contribution in [-0.4, -0.2) is 15.0 Å². The summed E-state index contributed by atoms with van der Waals surface area (Å²) >= 11 is 0. The fourth-order valence-electron chi connectivity index (χ4n) is 2.10. The average molecular weight is 302 g/mol. The van der Waals surface area contributed by atoms with Crippen LogP contribution in [0.1, 0.15) is 17.0 Å². The normalized spacial score (nSPS) is 10.1. The summed E-state index contributed by atoms with van der Waals surface area (Å²) in [5.74, 6) is 1.28. The molecule has 0 aliphatic carbocycles. The maximum Gasteiger partial charge on any atom is 0.178 e. The molecule has 0 spiro atoms. The fraction of sp³-hybridized carbons (Fsp3) is 0.111. The van der Waals surface area contributed by atoms with Crippen LogP contribution in [0.5, 0.6) is 5.75 Å². The first-order valence-electron chi connectivity index (χ1n) is 7.13. The molecule has 0 amide bonds. The summed E-state index contributed by atoms with van der Waals surface area (Å²) in [7, 11) is 0. The molecule has 5 heteroatoms. The summed E-state index contributed by atoms with van der Waals surface area (Å²) in [6.45, 7) is 2.24. The molecule has 0 N–H and O–H groups in total. The number of benzene rings is 1. The number of aryl methyl sites for hydroxylation is 1. The van der Waals surface area contributed by atoms with E-state index in [0.29, 0.717) is 23.7 Å². The van der Waals surface area contributed by atoms with E-state index in [1.54, 1.807) is 30.5 Å². The number of nitrogens with zero attached hydrogens (tertiary/aromatic N) is 4. The molecule has 5 nitrogen and oxygen atoms in total. The van der Waals surface area contributed by atoms with Crippen LogP contribution in [0.2, 0.25) is 0 Å². The molecule has 0 bridgehead atoms. The Morgan fingerprint density at radius 1 is 1.09 bits per heavy atom. The highest BCUT2D eigenvalue weighted by molar-refractivity contribution is 5.48. The lowest BCUT2D eigenvalue weighted by molar-refractivity contribution is 0.301. The van der Waals surface area contributed by atoms with E-state index in [4.69, 9.17) is 10.00 Å². The Bertz CT molecular complexity index is 839. The predicted octanol–water partition coefficient (Wildman–Crippen LogP) is 3.30. The Morgan fingerprint density at radius 2 is 1.91 bits per heavy atom. The zero-order chi connectivity index (χ0) is 16.1. The second-order valence-electron chi connectivity index (χ2n) is 4.96. The molecule has 0 aliphatic rings. The summed E-state index contributed by atoms with van der Waals surface area (Å²) in [5, 5.41) is 8.79. The Labute approximate surface area is 134 Å². The molecular weight excluding hydrogens is 288 g/mol. The number of rotatable bonds is 4. The average Bonchev–Trinajstić information content (AvgIpc) is 2.61. The minimum absolute atomic E-state index is 0.328. The van der Waals surface area contributed by atoms with Gasteiger partial charge in [0.15, 0.2) is 5.82 Å². The Kier molecular flexibility index (Phi) is 4.25. The monoisotopic (exact) mass is 302 g/mol. The molecule has 2 heterocycles. The van der Waals surface area contributed by atoms with E-state index in [2.05, 4.69) is 21.0 Å². The van der Waals surface area contributed by atoms with Crippen molar-refractivity contribution in [2.45, 2.75) is 13.5 Å². The van der Waals surface area contributed by atoms with Crippen LogP contribution in [0, 0.1) is 18.3 Å². The molecule has 3 rings (SSSR count). The second-order valence-corrected chi connectivity index (χ2v) is 4.96. The van der Waals surface area contributed by atoms with Gasteiger partial charge in [-0.15, -0.1) is 0 Å². The van der Waals surface area contributed by atoms with Gasteiger partial charge < -0.3 is 4.74 Å². The van der Waals surface area contributed by atoms with Crippen molar-refractivity contribution in [2.75, 3.05) is 0 Å². The van der Waals surface area contributed by atoms with Gasteiger partial charge in [-0.05, 0) is 49.4 Å². The highest BCUT2D eigenvalue weighted by Gasteiger charge is 2.06. The highest BCUT2D eigenvalue weighted by atomic mass is 16.5. The van der Waals surface area contributed by atoms with Crippen LogP contribution in [0.4, 0.5) is 0 Å². The smallest absolute Gasteiger partial charge is 0.178 e. The lowest BCUT2D eigenvalue weighted by atomic mass is 10.2. The summed E-state index contributed by atoms with van der Waals surface area (Å²) in [5.41, 5.74) is 2.98. The summed E-state index contributed by atoms with van der Waals surface area (Å²) in [6.07, 6.45) is 1.72. The van der Waals surface area contributed by atoms with Gasteiger partial charge in [-0.1, -0.05) is 6.07 Å². The highest BCUT2D eigenvalue weighted by Crippen LogP contribution is 2.16. The topological polar surface area (TPSA) is 71.7 Å². The van der Waals surface area contributed by atoms with Gasteiger partial charge in [0.05, 0.1) is 17.3 Å². The van der Waals surface area contributed by atoms with Gasteiger partial charge in [0.25, 0.3) is 0 Å². The van der Waals surface area contributed by atoms with E-state index in [1.165, 1.54) is 0 Å². The van der Waals surface area contributed by atoms with Crippen LogP contribution < -0.4 is 4.74 Å². The molecule has 0 radical (unpaired) electrons. The largest absolute Gasteiger partial charge is 0.487 e. The van der Waals surface area contributed by atoms with Crippen molar-refractivity contribution in [3.8, 4) is 23.3 Å². The van der Waals surface area contributed by atoms with Crippen molar-refractivity contribution in [1.82, 2.24) is 15.0 Å². The Balaban J connectivity index is 1.77. The molecule has 112 valence electrons. The number of aromatic nitrogens is 3. The molecule has 0 unspecified atom stereocenters. The SMILES string of the molecule is Cc1cc(COc2ccc(C#N)cc2)nc(-c2ccccn2)n1. The van der Waals surface area contributed by atoms with Crippen molar-refractivity contribution in [2.24, 2.45) is 0 Å². The fourth-order valence-corrected chi connectivity index (χ4v) is 2.10. The first kappa shape index (κ1) is 14.7. The van der Waals surface area contributed by atoms with Gasteiger partial charge >= 0.3 is 0 Å². The molecule has 2 aromatic heterocycles. The minimum Gasteiger partial charge on any atom is -0.487 e. The van der Waals surface area contributed by atoms with Gasteiger partial charge in [-0.25, -0.2) is 9.97 Å². The number of pyridine rings is 1. The van der Waals surface area contributed by atoms with Gasteiger partial charge in [0.1, 0.15) is 18.1 Å². The minimum atomic E-state index is 0.328. The van der Waals surface area contributed by atoms with Crippen molar-refractivity contribution in [3.63, 3.8) is 0 Å². The van der Waals surface area contributed by atoms with E-state index in [1.807, 2.05) is 31.2 Å². The van der Waals surface area contributed by atoms with Crippen LogP contribution >= 0.6 is 0 Å². The molecule has 1 aromatic carbocycles. The van der Waals surface area contributed by atoms with Crippen LogP contribution in [-0.2, 0) is 6.61 Å². The van der Waals surface area contributed by atoms with Crippen molar-refractivity contribution in [1.29, 1.82) is 5.26 Å². The van der Waals surface area contributed by atoms with E-state index >= 15 is 0 Å². The second kappa shape index (κ2) is 6.67. The van der Waals surface area contributed by atoms with Gasteiger partial charge in [-0.2, -0.15) is 5.26 Å². The summed E-state index contributed by atoms with van der Waals surface area (Å²) < 4.78 is 5.72. The maximum absolute atomic E-state index is 8.79. The molecule has 0 saturated carbocycles. The van der Waals surface area contributed by atoms with Gasteiger partial charge in [0.2, 0.25) is 0 Å². The third-order valence-corrected chi connectivity index (χ3v) is 3.17. The first-order valence-corrected chi connectivity index (χ1v) is 7.13. The first-order chi connectivity index (χ1) is 11.2. The zero-order valence-electron chi connectivity index (χ0n) is 12.6. The van der Waals surface area contributed by atoms with Crippen LogP contribution in [0.15, 0.2) is 54.7 Å². The lowest BCUT2D eigenvalue weighted by Crippen LogP contribution is -2.03. The number of hydrogen-bond acceptors (Lipinski definition) is 5. The molecule has 0 saturated heterocycles. The van der Waals surface area contributed by atoms with Crippen LogP contribution in [0.3, 0.4) is 0 Å². The molecule has 23 heavy (non-hydrogen) atoms. The van der Waals surface area contributed by atoms with Gasteiger partial charge in [0, 0.05) is 11.9 Å². The van der Waals surface area contributed by atoms with E-state index < -0.39 is 0 Å². The quantitative estimate of drug-likeness (QED) is 0.739. The Morgan fingerprint density at radius 3 is 2.61 bits per heavy atom. The summed E-state index contributed by atoms with van der Waals surface area (Å²) in [6, 6.07) is 16.6. The molecule has 3 aromatic rings. The summed E-state index contributed by atoms with van der Waals surface area (Å²) in [4.78, 5) is 13.2. The van der Waals surface area contributed by atoms with Crippen molar-refractivity contribution in [3.05, 3.63) is 71.7 Å². The molecular formula is C18H14N4O. The third kappa shape index (κ3) is 3.69. The Hall–Kier alpha value is -3.26. The third-order valence-electron chi connectivity index (χ3n) is 3.17. The number of hydrogen-bond donors (Lipinski definition) is 0. The van der Waals surface area contributed by atoms with E-state index in [0.717, 1.165) is 17.1 Å². The van der Waals surface area contributed by atoms with Crippen molar-refractivity contribution < 1.29 is 4.74 Å². The molecule has 0 fully saturated rings. The molecule has 0 aliphatic heterocycles. The number of ether oxygens (including phenoxy) is 1. The standard InChI is InChI=1S/C18H14N4O/c1-13-10-15(12-23-16-7-5-14(11-19)6-8-16)22-18(21-13)17-4-2-3-9-20-17/h2-10H,12H2,1H3. The van der Waals surface area contributed by atoms with E-state index in [9.17, 15) is 0 Å². The lowest BCUT2D eigenvalue weighted by Gasteiger charge is -2.08.